The molecular formula is C18H15BrClN3O. The minimum Gasteiger partial charge on any atom is -0.352 e. The normalized spacial score (nSPS) is 13.1. The van der Waals surface area contributed by atoms with Crippen LogP contribution in [0.15, 0.2) is 34.9 Å². The fourth-order valence-corrected chi connectivity index (χ4v) is 3.54. The van der Waals surface area contributed by atoms with Crippen molar-refractivity contribution in [1.82, 2.24) is 10.3 Å². The van der Waals surface area contributed by atoms with Gasteiger partial charge in [0.25, 0.3) is 5.91 Å². The lowest BCUT2D eigenvalue weighted by Crippen LogP contribution is -2.31. The maximum atomic E-state index is 11.9. The Balaban J connectivity index is 1.78. The molecule has 0 spiro atoms. The highest BCUT2D eigenvalue weighted by atomic mass is 79.9. The van der Waals surface area contributed by atoms with Gasteiger partial charge in [-0.25, -0.2) is 4.98 Å². The first-order chi connectivity index (χ1) is 11.6. The highest BCUT2D eigenvalue weighted by molar-refractivity contribution is 9.10. The van der Waals surface area contributed by atoms with E-state index in [0.29, 0.717) is 12.1 Å². The van der Waals surface area contributed by atoms with E-state index in [1.807, 2.05) is 18.2 Å². The summed E-state index contributed by atoms with van der Waals surface area (Å²) in [6.07, 6.45) is 7.60. The monoisotopic (exact) mass is 403 g/mol. The molecule has 0 radical (unpaired) electrons. The van der Waals surface area contributed by atoms with E-state index in [4.69, 9.17) is 18.0 Å². The number of benzene rings is 1. The molecule has 0 saturated carbocycles. The number of carbonyl (C=O) groups excluding carboxylic acids is 1. The molecule has 0 saturated heterocycles. The third-order valence-electron chi connectivity index (χ3n) is 3.98. The number of nitrogens with zero attached hydrogens (tertiary/aromatic N) is 2. The van der Waals surface area contributed by atoms with Crippen LogP contribution in [0.25, 0.3) is 0 Å². The van der Waals surface area contributed by atoms with Gasteiger partial charge in [-0.15, -0.1) is 6.42 Å². The molecule has 0 atom stereocenters. The molecule has 1 amide bonds. The average Bonchev–Trinajstić information content (AvgIpc) is 2.62. The Bertz CT molecular complexity index is 814. The largest absolute Gasteiger partial charge is 0.352 e. The van der Waals surface area contributed by atoms with Crippen LogP contribution >= 0.6 is 27.5 Å². The Morgan fingerprint density at radius 2 is 2.21 bits per heavy atom. The van der Waals surface area contributed by atoms with Gasteiger partial charge in [0.05, 0.1) is 12.1 Å². The van der Waals surface area contributed by atoms with E-state index in [1.165, 1.54) is 5.56 Å². The van der Waals surface area contributed by atoms with Crippen LogP contribution in [0.4, 0.5) is 5.82 Å². The number of hydrogen-bond donors (Lipinski definition) is 1. The molecule has 0 unspecified atom stereocenters. The Morgan fingerprint density at radius 3 is 2.92 bits per heavy atom. The molecule has 2 heterocycles. The number of nitrogens with one attached hydrogen (secondary N) is 1. The summed E-state index contributed by atoms with van der Waals surface area (Å²) in [5, 5.41) is 3.39. The summed E-state index contributed by atoms with van der Waals surface area (Å²) in [4.78, 5) is 18.4. The van der Waals surface area contributed by atoms with E-state index < -0.39 is 0 Å². The zero-order valence-corrected chi connectivity index (χ0v) is 15.2. The molecule has 3 rings (SSSR count). The number of rotatable bonds is 3. The Morgan fingerprint density at radius 1 is 1.38 bits per heavy atom. The molecule has 24 heavy (non-hydrogen) atoms. The Labute approximate surface area is 154 Å². The molecule has 1 aliphatic rings. The Hall–Kier alpha value is -2.03. The van der Waals surface area contributed by atoms with E-state index in [1.54, 1.807) is 12.3 Å². The number of anilines is 1. The second-order valence-electron chi connectivity index (χ2n) is 5.45. The third kappa shape index (κ3) is 3.40. The van der Waals surface area contributed by atoms with E-state index in [0.717, 1.165) is 33.8 Å². The number of pyridine rings is 1. The van der Waals surface area contributed by atoms with Gasteiger partial charge in [-0.3, -0.25) is 4.79 Å². The highest BCUT2D eigenvalue weighted by Gasteiger charge is 2.21. The number of carbonyl (C=O) groups is 1. The fourth-order valence-electron chi connectivity index (χ4n) is 2.73. The van der Waals surface area contributed by atoms with Crippen molar-refractivity contribution in [2.24, 2.45) is 0 Å². The molecule has 0 fully saturated rings. The molecule has 122 valence electrons. The van der Waals surface area contributed by atoms with Crippen molar-refractivity contribution < 1.29 is 4.79 Å². The van der Waals surface area contributed by atoms with Crippen LogP contribution in [0.3, 0.4) is 0 Å². The number of amides is 1. The number of halogens is 2. The molecular weight excluding hydrogens is 390 g/mol. The average molecular weight is 405 g/mol. The smallest absolute Gasteiger partial charge is 0.253 e. The minimum atomic E-state index is -0.219. The molecule has 2 aromatic rings. The predicted molar refractivity (Wildman–Crippen MR) is 99.3 cm³/mol. The van der Waals surface area contributed by atoms with E-state index in [-0.39, 0.29) is 12.5 Å². The van der Waals surface area contributed by atoms with Crippen molar-refractivity contribution in [3.8, 4) is 12.3 Å². The van der Waals surface area contributed by atoms with Crippen molar-refractivity contribution in [3.05, 3.63) is 56.6 Å². The molecule has 1 aromatic carbocycles. The van der Waals surface area contributed by atoms with Crippen molar-refractivity contribution in [1.29, 1.82) is 0 Å². The van der Waals surface area contributed by atoms with E-state index in [9.17, 15) is 4.79 Å². The van der Waals surface area contributed by atoms with Crippen molar-refractivity contribution in [2.45, 2.75) is 13.0 Å². The summed E-state index contributed by atoms with van der Waals surface area (Å²) in [7, 11) is 0. The summed E-state index contributed by atoms with van der Waals surface area (Å²) in [5.74, 6) is 2.98. The lowest BCUT2D eigenvalue weighted by Gasteiger charge is -2.31. The molecule has 1 N–H and O–H groups in total. The summed E-state index contributed by atoms with van der Waals surface area (Å²) >= 11 is 9.93. The first-order valence-corrected chi connectivity index (χ1v) is 8.65. The van der Waals surface area contributed by atoms with Crippen LogP contribution in [-0.2, 0) is 13.0 Å². The molecule has 1 aromatic heterocycles. The lowest BCUT2D eigenvalue weighted by molar-refractivity contribution is 0.0958. The van der Waals surface area contributed by atoms with Crippen LogP contribution in [0.5, 0.6) is 0 Å². The topological polar surface area (TPSA) is 45.2 Å². The zero-order chi connectivity index (χ0) is 17.1. The lowest BCUT2D eigenvalue weighted by atomic mass is 9.99. The highest BCUT2D eigenvalue weighted by Crippen LogP contribution is 2.33. The number of hydrogen-bond acceptors (Lipinski definition) is 3. The maximum Gasteiger partial charge on any atom is 0.253 e. The first kappa shape index (κ1) is 16.8. The number of aromatic nitrogens is 1. The van der Waals surface area contributed by atoms with Gasteiger partial charge in [0.1, 0.15) is 5.82 Å². The number of terminal acetylenes is 1. The van der Waals surface area contributed by atoms with Crippen LogP contribution in [-0.4, -0.2) is 24.0 Å². The van der Waals surface area contributed by atoms with Crippen LogP contribution in [0, 0.1) is 12.3 Å². The summed E-state index contributed by atoms with van der Waals surface area (Å²) in [6, 6.07) is 7.49. The fraction of sp³-hybridized carbons (Fsp3) is 0.222. The van der Waals surface area contributed by atoms with Gasteiger partial charge in [-0.2, -0.15) is 0 Å². The second-order valence-corrected chi connectivity index (χ2v) is 6.71. The zero-order valence-electron chi connectivity index (χ0n) is 12.9. The summed E-state index contributed by atoms with van der Waals surface area (Å²) in [6.45, 7) is 1.75. The van der Waals surface area contributed by atoms with Gasteiger partial charge in [-0.05, 0) is 41.8 Å². The van der Waals surface area contributed by atoms with Gasteiger partial charge in [0.15, 0.2) is 0 Å². The standard InChI is InChI=1S/C18H15BrClN3O/c1-2-8-21-18(24)12-3-6-17(22-10-12)23-9-7-13-14(11-23)16(20)5-4-15(13)19/h1,3-6,10H,7-9,11H2,(H,21,24). The van der Waals surface area contributed by atoms with Gasteiger partial charge >= 0.3 is 0 Å². The van der Waals surface area contributed by atoms with Crippen molar-refractivity contribution in [3.63, 3.8) is 0 Å². The third-order valence-corrected chi connectivity index (χ3v) is 5.08. The minimum absolute atomic E-state index is 0.205. The van der Waals surface area contributed by atoms with Crippen LogP contribution < -0.4 is 10.2 Å². The summed E-state index contributed by atoms with van der Waals surface area (Å²) < 4.78 is 1.09. The first-order valence-electron chi connectivity index (χ1n) is 7.48. The number of fused-ring (bicyclic) bond motifs is 1. The quantitative estimate of drug-likeness (QED) is 0.797. The van der Waals surface area contributed by atoms with Crippen molar-refractivity contribution in [2.75, 3.05) is 18.0 Å². The van der Waals surface area contributed by atoms with Crippen molar-refractivity contribution >= 4 is 39.3 Å². The van der Waals surface area contributed by atoms with E-state index in [2.05, 4.69) is 37.1 Å². The van der Waals surface area contributed by atoms with Crippen LogP contribution in [0.1, 0.15) is 21.5 Å². The molecule has 4 nitrogen and oxygen atoms in total. The summed E-state index contributed by atoms with van der Waals surface area (Å²) in [5.41, 5.74) is 2.87. The molecule has 1 aliphatic heterocycles. The SMILES string of the molecule is C#CCNC(=O)c1ccc(N2CCc3c(Br)ccc(Cl)c3C2)nc1. The van der Waals surface area contributed by atoms with Gasteiger partial charge in [-0.1, -0.05) is 33.5 Å². The van der Waals surface area contributed by atoms with Gasteiger partial charge in [0.2, 0.25) is 0 Å². The van der Waals surface area contributed by atoms with E-state index >= 15 is 0 Å². The Kier molecular flexibility index (Phi) is 5.08. The molecule has 0 aliphatic carbocycles. The van der Waals surface area contributed by atoms with Crippen LogP contribution in [0.2, 0.25) is 5.02 Å². The maximum absolute atomic E-state index is 11.9. The van der Waals surface area contributed by atoms with Gasteiger partial charge in [0, 0.05) is 28.8 Å². The molecule has 6 heteroatoms. The molecule has 0 bridgehead atoms. The predicted octanol–water partition coefficient (Wildman–Crippen LogP) is 3.42. The second kappa shape index (κ2) is 7.25. The van der Waals surface area contributed by atoms with Gasteiger partial charge < -0.3 is 10.2 Å².